The lowest BCUT2D eigenvalue weighted by atomic mass is 9.59. The van der Waals surface area contributed by atoms with Crippen LogP contribution in [0.5, 0.6) is 0 Å². The minimum absolute atomic E-state index is 0.108. The number of hydrogen-bond acceptors (Lipinski definition) is 2. The number of rotatable bonds is 2. The average Bonchev–Trinajstić information content (AvgIpc) is 2.59. The van der Waals surface area contributed by atoms with Gasteiger partial charge in [0, 0.05) is 0 Å². The molecule has 0 atom stereocenters. The van der Waals surface area contributed by atoms with E-state index in [1.54, 1.807) is 0 Å². The Hall–Kier alpha value is -1.06. The van der Waals surface area contributed by atoms with Gasteiger partial charge < -0.3 is 10.2 Å². The fourth-order valence-corrected chi connectivity index (χ4v) is 2.15. The van der Waals surface area contributed by atoms with E-state index in [1.807, 2.05) is 0 Å². The topological polar surface area (TPSA) is 74.6 Å². The van der Waals surface area contributed by atoms with E-state index in [-0.39, 0.29) is 5.41 Å². The number of carbonyl (C=O) groups is 2. The molecule has 0 aromatic carbocycles. The Labute approximate surface area is 69.2 Å². The zero-order valence-electron chi connectivity index (χ0n) is 6.54. The van der Waals surface area contributed by atoms with E-state index >= 15 is 0 Å². The first-order valence-electron chi connectivity index (χ1n) is 3.98. The van der Waals surface area contributed by atoms with Crippen molar-refractivity contribution in [2.75, 3.05) is 0 Å². The van der Waals surface area contributed by atoms with Gasteiger partial charge in [0.25, 0.3) is 0 Å². The van der Waals surface area contributed by atoms with Crippen molar-refractivity contribution in [2.24, 2.45) is 10.8 Å². The standard InChI is InChI=1S/C8H10O4/c9-5(10)8(6(11)12)3-7(4-8)1-2-7/h1-4H2,(H,9,10)(H,11,12). The second-order valence-corrected chi connectivity index (χ2v) is 4.05. The highest BCUT2D eigenvalue weighted by Gasteiger charge is 2.68. The summed E-state index contributed by atoms with van der Waals surface area (Å²) in [5, 5.41) is 17.5. The highest BCUT2D eigenvalue weighted by molar-refractivity contribution is 5.99. The normalized spacial score (nSPS) is 27.7. The fraction of sp³-hybridized carbons (Fsp3) is 0.750. The molecule has 0 amide bonds. The van der Waals surface area contributed by atoms with Gasteiger partial charge in [-0.25, -0.2) is 0 Å². The molecule has 2 rings (SSSR count). The van der Waals surface area contributed by atoms with Crippen molar-refractivity contribution in [3.05, 3.63) is 0 Å². The minimum atomic E-state index is -1.45. The first-order chi connectivity index (χ1) is 5.51. The Bertz CT molecular complexity index is 240. The molecule has 2 aliphatic carbocycles. The van der Waals surface area contributed by atoms with Gasteiger partial charge in [0.05, 0.1) is 0 Å². The van der Waals surface area contributed by atoms with Gasteiger partial charge in [-0.15, -0.1) is 0 Å². The zero-order chi connectivity index (χ0) is 8.98. The third-order valence-corrected chi connectivity index (χ3v) is 3.13. The first-order valence-corrected chi connectivity index (χ1v) is 3.98. The van der Waals surface area contributed by atoms with Gasteiger partial charge in [0.15, 0.2) is 5.41 Å². The summed E-state index contributed by atoms with van der Waals surface area (Å²) >= 11 is 0. The molecule has 2 aliphatic rings. The van der Waals surface area contributed by atoms with Crippen molar-refractivity contribution >= 4 is 11.9 Å². The van der Waals surface area contributed by atoms with Crippen LogP contribution >= 0.6 is 0 Å². The molecule has 0 heterocycles. The maximum absolute atomic E-state index is 10.7. The monoisotopic (exact) mass is 170 g/mol. The van der Waals surface area contributed by atoms with Crippen LogP contribution in [-0.2, 0) is 9.59 Å². The van der Waals surface area contributed by atoms with E-state index < -0.39 is 17.4 Å². The van der Waals surface area contributed by atoms with Crippen LogP contribution in [0.25, 0.3) is 0 Å². The van der Waals surface area contributed by atoms with Crippen molar-refractivity contribution in [1.29, 1.82) is 0 Å². The molecule has 0 bridgehead atoms. The molecular weight excluding hydrogens is 160 g/mol. The van der Waals surface area contributed by atoms with Gasteiger partial charge in [-0.3, -0.25) is 9.59 Å². The lowest BCUT2D eigenvalue weighted by Gasteiger charge is -2.41. The molecular formula is C8H10O4. The van der Waals surface area contributed by atoms with Crippen LogP contribution in [0, 0.1) is 10.8 Å². The van der Waals surface area contributed by atoms with Crippen LogP contribution in [-0.4, -0.2) is 22.2 Å². The van der Waals surface area contributed by atoms with Crippen molar-refractivity contribution in [2.45, 2.75) is 25.7 Å². The minimum Gasteiger partial charge on any atom is -0.480 e. The van der Waals surface area contributed by atoms with Gasteiger partial charge in [0.1, 0.15) is 0 Å². The third-order valence-electron chi connectivity index (χ3n) is 3.13. The van der Waals surface area contributed by atoms with E-state index in [0.29, 0.717) is 12.8 Å². The van der Waals surface area contributed by atoms with Crippen molar-refractivity contribution < 1.29 is 19.8 Å². The quantitative estimate of drug-likeness (QED) is 0.598. The molecule has 2 N–H and O–H groups in total. The molecule has 2 saturated carbocycles. The molecule has 1 spiro atoms. The molecule has 4 nitrogen and oxygen atoms in total. The van der Waals surface area contributed by atoms with Crippen molar-refractivity contribution in [3.8, 4) is 0 Å². The molecule has 0 aromatic heterocycles. The molecule has 0 unspecified atom stereocenters. The fourth-order valence-electron chi connectivity index (χ4n) is 2.15. The summed E-state index contributed by atoms with van der Waals surface area (Å²) in [6.07, 6.45) is 2.69. The Kier molecular flexibility index (Phi) is 1.14. The summed E-state index contributed by atoms with van der Waals surface area (Å²) in [6, 6.07) is 0. The number of hydrogen-bond donors (Lipinski definition) is 2. The maximum atomic E-state index is 10.7. The summed E-state index contributed by atoms with van der Waals surface area (Å²) in [5.74, 6) is -2.35. The van der Waals surface area contributed by atoms with Crippen LogP contribution < -0.4 is 0 Å². The molecule has 4 heteroatoms. The van der Waals surface area contributed by atoms with Gasteiger partial charge >= 0.3 is 11.9 Å². The van der Waals surface area contributed by atoms with E-state index in [2.05, 4.69) is 0 Å². The van der Waals surface area contributed by atoms with Crippen LogP contribution in [0.1, 0.15) is 25.7 Å². The van der Waals surface area contributed by atoms with Gasteiger partial charge in [-0.05, 0) is 31.1 Å². The highest BCUT2D eigenvalue weighted by Crippen LogP contribution is 2.68. The molecule has 2 fully saturated rings. The molecule has 66 valence electrons. The molecule has 0 aromatic rings. The Morgan fingerprint density at radius 3 is 1.67 bits per heavy atom. The van der Waals surface area contributed by atoms with Crippen LogP contribution in [0.15, 0.2) is 0 Å². The molecule has 0 aliphatic heterocycles. The molecule has 0 radical (unpaired) electrons. The second-order valence-electron chi connectivity index (χ2n) is 4.05. The van der Waals surface area contributed by atoms with Crippen molar-refractivity contribution in [1.82, 2.24) is 0 Å². The van der Waals surface area contributed by atoms with E-state index in [0.717, 1.165) is 12.8 Å². The van der Waals surface area contributed by atoms with Crippen molar-refractivity contribution in [3.63, 3.8) is 0 Å². The van der Waals surface area contributed by atoms with Crippen LogP contribution in [0.4, 0.5) is 0 Å². The van der Waals surface area contributed by atoms with Crippen LogP contribution in [0.3, 0.4) is 0 Å². The van der Waals surface area contributed by atoms with Gasteiger partial charge in [-0.1, -0.05) is 0 Å². The van der Waals surface area contributed by atoms with E-state index in [9.17, 15) is 9.59 Å². The SMILES string of the molecule is O=C(O)C1(C(=O)O)CC2(CC2)C1. The summed E-state index contributed by atoms with van der Waals surface area (Å²) in [4.78, 5) is 21.4. The van der Waals surface area contributed by atoms with Gasteiger partial charge in [-0.2, -0.15) is 0 Å². The largest absolute Gasteiger partial charge is 0.480 e. The summed E-state index contributed by atoms with van der Waals surface area (Å²) < 4.78 is 0. The number of carboxylic acids is 2. The summed E-state index contributed by atoms with van der Waals surface area (Å²) in [7, 11) is 0. The Balaban J connectivity index is 2.17. The van der Waals surface area contributed by atoms with Crippen LogP contribution in [0.2, 0.25) is 0 Å². The molecule has 0 saturated heterocycles. The van der Waals surface area contributed by atoms with E-state index in [4.69, 9.17) is 10.2 Å². The van der Waals surface area contributed by atoms with Gasteiger partial charge in [0.2, 0.25) is 0 Å². The van der Waals surface area contributed by atoms with E-state index in [1.165, 1.54) is 0 Å². The lowest BCUT2D eigenvalue weighted by Crippen LogP contribution is -2.50. The zero-order valence-corrected chi connectivity index (χ0v) is 6.54. The predicted octanol–water partition coefficient (Wildman–Crippen LogP) is 0.716. The predicted molar refractivity (Wildman–Crippen MR) is 38.6 cm³/mol. The second kappa shape index (κ2) is 1.81. The maximum Gasteiger partial charge on any atom is 0.321 e. The lowest BCUT2D eigenvalue weighted by molar-refractivity contribution is -0.177. The first kappa shape index (κ1) is 7.58. The highest BCUT2D eigenvalue weighted by atomic mass is 16.4. The number of carboxylic acid groups (broad SMARTS) is 2. The Morgan fingerprint density at radius 1 is 1.00 bits per heavy atom. The number of aliphatic carboxylic acids is 2. The summed E-state index contributed by atoms with van der Waals surface area (Å²) in [5.41, 5.74) is -1.34. The smallest absolute Gasteiger partial charge is 0.321 e. The third kappa shape index (κ3) is 0.722. The average molecular weight is 170 g/mol. The molecule has 12 heavy (non-hydrogen) atoms. The Morgan fingerprint density at radius 2 is 1.42 bits per heavy atom. The summed E-state index contributed by atoms with van der Waals surface area (Å²) in [6.45, 7) is 0.